The van der Waals surface area contributed by atoms with Crippen LogP contribution >= 0.6 is 0 Å². The van der Waals surface area contributed by atoms with E-state index in [0.29, 0.717) is 24.3 Å². The van der Waals surface area contributed by atoms with E-state index in [1.807, 2.05) is 49.4 Å². The van der Waals surface area contributed by atoms with Gasteiger partial charge >= 0.3 is 0 Å². The van der Waals surface area contributed by atoms with E-state index < -0.39 is 0 Å². The van der Waals surface area contributed by atoms with Gasteiger partial charge in [-0.05, 0) is 24.3 Å². The molecule has 0 N–H and O–H groups in total. The molecule has 0 saturated heterocycles. The Balaban J connectivity index is 1.98. The molecule has 0 atom stereocenters. The molecule has 0 aliphatic rings. The average Bonchev–Trinajstić information content (AvgIpc) is 2.48. The summed E-state index contributed by atoms with van der Waals surface area (Å²) in [6.07, 6.45) is 2.99. The maximum absolute atomic E-state index is 11.8. The van der Waals surface area contributed by atoms with Gasteiger partial charge in [-0.25, -0.2) is 0 Å². The van der Waals surface area contributed by atoms with E-state index >= 15 is 0 Å². The Morgan fingerprint density at radius 2 is 1.95 bits per heavy atom. The quantitative estimate of drug-likeness (QED) is 0.743. The minimum Gasteiger partial charge on any atom is -0.492 e. The number of hydrogen-bond donors (Lipinski definition) is 0. The van der Waals surface area contributed by atoms with Crippen LogP contribution in [0.25, 0.3) is 0 Å². The molecule has 0 spiro atoms. The predicted octanol–water partition coefficient (Wildman–Crippen LogP) is 3.30. The van der Waals surface area contributed by atoms with Crippen molar-refractivity contribution in [2.24, 2.45) is 0 Å². The number of aromatic nitrogens is 1. The molecule has 0 bridgehead atoms. The van der Waals surface area contributed by atoms with Gasteiger partial charge in [0.1, 0.15) is 5.75 Å². The first kappa shape index (κ1) is 13.3. The highest BCUT2D eigenvalue weighted by Crippen LogP contribution is 2.19. The van der Waals surface area contributed by atoms with E-state index in [4.69, 9.17) is 4.74 Å². The number of hydrogen-bond acceptors (Lipinski definition) is 3. The van der Waals surface area contributed by atoms with Crippen molar-refractivity contribution in [3.63, 3.8) is 0 Å². The number of ketones is 1. The fourth-order valence-electron chi connectivity index (χ4n) is 1.82. The molecular formula is C16H17NO2. The lowest BCUT2D eigenvalue weighted by atomic mass is 10.1. The number of carbonyl (C=O) groups is 1. The molecule has 3 nitrogen and oxygen atoms in total. The number of pyridine rings is 1. The standard InChI is InChI=1S/C16H17NO2/c1-2-15(18)14-8-3-4-9-16(14)19-12-10-13-7-5-6-11-17-13/h3-9,11H,2,10,12H2,1H3. The number of benzene rings is 1. The second-order valence-corrected chi connectivity index (χ2v) is 4.19. The predicted molar refractivity (Wildman–Crippen MR) is 74.5 cm³/mol. The normalized spacial score (nSPS) is 10.2. The van der Waals surface area contributed by atoms with Gasteiger partial charge in [0.05, 0.1) is 12.2 Å². The van der Waals surface area contributed by atoms with Gasteiger partial charge in [-0.2, -0.15) is 0 Å². The van der Waals surface area contributed by atoms with Crippen LogP contribution < -0.4 is 4.74 Å². The Hall–Kier alpha value is -2.16. The van der Waals surface area contributed by atoms with Gasteiger partial charge in [0.25, 0.3) is 0 Å². The van der Waals surface area contributed by atoms with Crippen molar-refractivity contribution < 1.29 is 9.53 Å². The van der Waals surface area contributed by atoms with Crippen LogP contribution in [-0.4, -0.2) is 17.4 Å². The summed E-state index contributed by atoms with van der Waals surface area (Å²) in [5.74, 6) is 0.763. The first-order chi connectivity index (χ1) is 9.31. The molecule has 1 aromatic heterocycles. The van der Waals surface area contributed by atoms with E-state index in [2.05, 4.69) is 4.98 Å². The minimum atomic E-state index is 0.105. The van der Waals surface area contributed by atoms with Crippen molar-refractivity contribution >= 4 is 5.78 Å². The van der Waals surface area contributed by atoms with Crippen molar-refractivity contribution in [3.05, 3.63) is 59.9 Å². The first-order valence-corrected chi connectivity index (χ1v) is 6.46. The molecule has 0 unspecified atom stereocenters. The van der Waals surface area contributed by atoms with E-state index in [1.54, 1.807) is 6.20 Å². The van der Waals surface area contributed by atoms with Crippen LogP contribution in [0.3, 0.4) is 0 Å². The summed E-state index contributed by atoms with van der Waals surface area (Å²) in [5.41, 5.74) is 1.65. The third-order valence-corrected chi connectivity index (χ3v) is 2.85. The summed E-state index contributed by atoms with van der Waals surface area (Å²) < 4.78 is 5.70. The molecule has 2 rings (SSSR count). The molecule has 0 aliphatic carbocycles. The summed E-state index contributed by atoms with van der Waals surface area (Å²) in [4.78, 5) is 16.0. The SMILES string of the molecule is CCC(=O)c1ccccc1OCCc1ccccn1. The van der Waals surface area contributed by atoms with Crippen LogP contribution in [0.5, 0.6) is 5.75 Å². The van der Waals surface area contributed by atoms with Gasteiger partial charge in [0.15, 0.2) is 5.78 Å². The molecule has 1 aromatic carbocycles. The van der Waals surface area contributed by atoms with E-state index in [1.165, 1.54) is 0 Å². The van der Waals surface area contributed by atoms with Gasteiger partial charge in [0, 0.05) is 24.7 Å². The smallest absolute Gasteiger partial charge is 0.166 e. The highest BCUT2D eigenvalue weighted by Gasteiger charge is 2.09. The van der Waals surface area contributed by atoms with Crippen LogP contribution in [0, 0.1) is 0 Å². The van der Waals surface area contributed by atoms with Crippen LogP contribution in [0.1, 0.15) is 29.4 Å². The summed E-state index contributed by atoms with van der Waals surface area (Å²) >= 11 is 0. The highest BCUT2D eigenvalue weighted by molar-refractivity contribution is 5.98. The summed E-state index contributed by atoms with van der Waals surface area (Å²) in [6, 6.07) is 13.2. The largest absolute Gasteiger partial charge is 0.492 e. The number of Topliss-reactive ketones (excluding diaryl/α,β-unsaturated/α-hetero) is 1. The fourth-order valence-corrected chi connectivity index (χ4v) is 1.82. The average molecular weight is 255 g/mol. The lowest BCUT2D eigenvalue weighted by molar-refractivity contribution is 0.0984. The minimum absolute atomic E-state index is 0.105. The first-order valence-electron chi connectivity index (χ1n) is 6.46. The molecule has 1 heterocycles. The molecule has 2 aromatic rings. The summed E-state index contributed by atoms with van der Waals surface area (Å²) in [5, 5.41) is 0. The van der Waals surface area contributed by atoms with Crippen molar-refractivity contribution in [3.8, 4) is 5.75 Å². The molecule has 0 amide bonds. The second kappa shape index (κ2) is 6.69. The third kappa shape index (κ3) is 3.65. The van der Waals surface area contributed by atoms with Crippen molar-refractivity contribution in [2.45, 2.75) is 19.8 Å². The lowest BCUT2D eigenvalue weighted by Crippen LogP contribution is -2.06. The Morgan fingerprint density at radius 1 is 1.16 bits per heavy atom. The fraction of sp³-hybridized carbons (Fsp3) is 0.250. The topological polar surface area (TPSA) is 39.2 Å². The monoisotopic (exact) mass is 255 g/mol. The zero-order valence-electron chi connectivity index (χ0n) is 11.0. The van der Waals surface area contributed by atoms with Crippen molar-refractivity contribution in [1.29, 1.82) is 0 Å². The van der Waals surface area contributed by atoms with E-state index in [9.17, 15) is 4.79 Å². The van der Waals surface area contributed by atoms with E-state index in [-0.39, 0.29) is 5.78 Å². The van der Waals surface area contributed by atoms with Gasteiger partial charge in [-0.15, -0.1) is 0 Å². The van der Waals surface area contributed by atoms with Gasteiger partial charge in [-0.1, -0.05) is 25.1 Å². The number of rotatable bonds is 6. The zero-order chi connectivity index (χ0) is 13.5. The maximum Gasteiger partial charge on any atom is 0.166 e. The molecule has 3 heteroatoms. The zero-order valence-corrected chi connectivity index (χ0v) is 11.0. The number of carbonyl (C=O) groups excluding carboxylic acids is 1. The summed E-state index contributed by atoms with van der Waals surface area (Å²) in [7, 11) is 0. The lowest BCUT2D eigenvalue weighted by Gasteiger charge is -2.09. The highest BCUT2D eigenvalue weighted by atomic mass is 16.5. The molecular weight excluding hydrogens is 238 g/mol. The molecule has 0 saturated carbocycles. The van der Waals surface area contributed by atoms with E-state index in [0.717, 1.165) is 12.1 Å². The van der Waals surface area contributed by atoms with Crippen LogP contribution in [0.2, 0.25) is 0 Å². The number of para-hydroxylation sites is 1. The number of ether oxygens (including phenoxy) is 1. The Bertz CT molecular complexity index is 537. The van der Waals surface area contributed by atoms with Crippen LogP contribution in [0.15, 0.2) is 48.7 Å². The van der Waals surface area contributed by atoms with Gasteiger partial charge in [-0.3, -0.25) is 9.78 Å². The van der Waals surface area contributed by atoms with Gasteiger partial charge in [0.2, 0.25) is 0 Å². The second-order valence-electron chi connectivity index (χ2n) is 4.19. The van der Waals surface area contributed by atoms with Crippen LogP contribution in [0.4, 0.5) is 0 Å². The Kier molecular flexibility index (Phi) is 4.67. The number of nitrogens with zero attached hydrogens (tertiary/aromatic N) is 1. The third-order valence-electron chi connectivity index (χ3n) is 2.85. The Morgan fingerprint density at radius 3 is 2.68 bits per heavy atom. The van der Waals surface area contributed by atoms with Crippen LogP contribution in [-0.2, 0) is 6.42 Å². The molecule has 0 fully saturated rings. The maximum atomic E-state index is 11.8. The van der Waals surface area contributed by atoms with Crippen molar-refractivity contribution in [1.82, 2.24) is 4.98 Å². The molecule has 0 radical (unpaired) electrons. The summed E-state index contributed by atoms with van der Waals surface area (Å²) in [6.45, 7) is 2.37. The van der Waals surface area contributed by atoms with Gasteiger partial charge < -0.3 is 4.74 Å². The molecule has 0 aliphatic heterocycles. The molecule has 19 heavy (non-hydrogen) atoms. The molecule has 98 valence electrons. The van der Waals surface area contributed by atoms with Crippen molar-refractivity contribution in [2.75, 3.05) is 6.61 Å². The Labute approximate surface area is 113 Å².